The van der Waals surface area contributed by atoms with E-state index in [9.17, 15) is 14.0 Å². The van der Waals surface area contributed by atoms with Gasteiger partial charge in [0.1, 0.15) is 5.82 Å². The molecule has 0 atom stereocenters. The quantitative estimate of drug-likeness (QED) is 0.443. The van der Waals surface area contributed by atoms with Crippen LogP contribution in [0.15, 0.2) is 53.0 Å². The topological polar surface area (TPSA) is 43.4 Å². The zero-order valence-electron chi connectivity index (χ0n) is 12.4. The largest absolute Gasteiger partial charge is 0.454 e. The smallest absolute Gasteiger partial charge is 0.331 e. The van der Waals surface area contributed by atoms with Gasteiger partial charge in [-0.05, 0) is 42.3 Å². The van der Waals surface area contributed by atoms with Crippen molar-refractivity contribution >= 4 is 33.8 Å². The number of carbonyl (C=O) groups is 2. The van der Waals surface area contributed by atoms with Gasteiger partial charge >= 0.3 is 5.97 Å². The highest BCUT2D eigenvalue weighted by molar-refractivity contribution is 9.10. The first-order valence-electron chi connectivity index (χ1n) is 6.86. The molecule has 0 saturated carbocycles. The fourth-order valence-electron chi connectivity index (χ4n) is 1.88. The molecule has 0 aliphatic heterocycles. The van der Waals surface area contributed by atoms with Crippen LogP contribution in [-0.2, 0) is 9.53 Å². The number of benzene rings is 2. The highest BCUT2D eigenvalue weighted by Crippen LogP contribution is 2.19. The van der Waals surface area contributed by atoms with E-state index in [1.165, 1.54) is 24.3 Å². The van der Waals surface area contributed by atoms with E-state index in [4.69, 9.17) is 4.74 Å². The monoisotopic (exact) mass is 376 g/mol. The Hall–Kier alpha value is -2.27. The molecule has 0 bridgehead atoms. The molecule has 0 radical (unpaired) electrons. The van der Waals surface area contributed by atoms with Crippen molar-refractivity contribution < 1.29 is 18.7 Å². The summed E-state index contributed by atoms with van der Waals surface area (Å²) in [6, 6.07) is 11.3. The number of aryl methyl sites for hydroxylation is 1. The summed E-state index contributed by atoms with van der Waals surface area (Å²) in [5.41, 5.74) is 1.81. The first-order chi connectivity index (χ1) is 11.0. The number of ketones is 1. The van der Waals surface area contributed by atoms with E-state index in [1.54, 1.807) is 12.1 Å². The van der Waals surface area contributed by atoms with Crippen LogP contribution in [0.25, 0.3) is 6.08 Å². The van der Waals surface area contributed by atoms with Gasteiger partial charge in [0.25, 0.3) is 0 Å². The van der Waals surface area contributed by atoms with E-state index >= 15 is 0 Å². The van der Waals surface area contributed by atoms with Crippen LogP contribution >= 0.6 is 15.9 Å². The van der Waals surface area contributed by atoms with Crippen molar-refractivity contribution in [3.05, 3.63) is 75.5 Å². The van der Waals surface area contributed by atoms with Gasteiger partial charge in [-0.2, -0.15) is 0 Å². The van der Waals surface area contributed by atoms with Crippen LogP contribution in [0.1, 0.15) is 21.5 Å². The molecule has 0 aromatic heterocycles. The molecule has 0 aliphatic rings. The van der Waals surface area contributed by atoms with Crippen LogP contribution in [-0.4, -0.2) is 18.4 Å². The summed E-state index contributed by atoms with van der Waals surface area (Å²) < 4.78 is 19.1. The van der Waals surface area contributed by atoms with Gasteiger partial charge in [0, 0.05) is 10.5 Å². The summed E-state index contributed by atoms with van der Waals surface area (Å²) in [5.74, 6) is -1.88. The number of hydrogen-bond donors (Lipinski definition) is 0. The summed E-state index contributed by atoms with van der Waals surface area (Å²) in [6.07, 6.45) is 2.81. The standard InChI is InChI=1S/C18H14BrFO3/c1-12-6-7-13(15(19)10-12)8-9-18(22)23-11-17(21)14-4-2-3-5-16(14)20/h2-10H,11H2,1H3/b9-8+. The molecular weight excluding hydrogens is 363 g/mol. The highest BCUT2D eigenvalue weighted by atomic mass is 79.9. The van der Waals surface area contributed by atoms with Gasteiger partial charge in [0.2, 0.25) is 5.78 Å². The summed E-state index contributed by atoms with van der Waals surface area (Å²) in [4.78, 5) is 23.4. The molecule has 0 heterocycles. The second-order valence-corrected chi connectivity index (χ2v) is 5.72. The van der Waals surface area contributed by atoms with E-state index in [0.29, 0.717) is 0 Å². The molecule has 3 nitrogen and oxygen atoms in total. The Bertz CT molecular complexity index is 769. The third-order valence-electron chi connectivity index (χ3n) is 3.07. The van der Waals surface area contributed by atoms with E-state index in [-0.39, 0.29) is 5.56 Å². The number of hydrogen-bond acceptors (Lipinski definition) is 3. The molecule has 5 heteroatoms. The van der Waals surface area contributed by atoms with Gasteiger partial charge < -0.3 is 4.74 Å². The van der Waals surface area contributed by atoms with Gasteiger partial charge in [-0.15, -0.1) is 0 Å². The molecule has 2 rings (SSSR count). The Morgan fingerprint density at radius 3 is 2.65 bits per heavy atom. The van der Waals surface area contributed by atoms with Crippen molar-refractivity contribution in [1.82, 2.24) is 0 Å². The van der Waals surface area contributed by atoms with Gasteiger partial charge in [-0.25, -0.2) is 9.18 Å². The zero-order valence-corrected chi connectivity index (χ0v) is 14.0. The number of Topliss-reactive ketones (excluding diaryl/α,β-unsaturated/α-hetero) is 1. The summed E-state index contributed by atoms with van der Waals surface area (Å²) in [7, 11) is 0. The lowest BCUT2D eigenvalue weighted by molar-refractivity contribution is -0.136. The number of rotatable bonds is 5. The maximum Gasteiger partial charge on any atom is 0.331 e. The van der Waals surface area contributed by atoms with Crippen molar-refractivity contribution in [2.75, 3.05) is 6.61 Å². The lowest BCUT2D eigenvalue weighted by Crippen LogP contribution is -2.13. The van der Waals surface area contributed by atoms with Crippen LogP contribution in [0.3, 0.4) is 0 Å². The molecule has 0 amide bonds. The van der Waals surface area contributed by atoms with Crippen molar-refractivity contribution in [2.45, 2.75) is 6.92 Å². The van der Waals surface area contributed by atoms with E-state index < -0.39 is 24.2 Å². The average Bonchev–Trinajstić information content (AvgIpc) is 2.52. The molecule has 0 spiro atoms. The van der Waals surface area contributed by atoms with Crippen molar-refractivity contribution in [3.63, 3.8) is 0 Å². The highest BCUT2D eigenvalue weighted by Gasteiger charge is 2.12. The predicted octanol–water partition coefficient (Wildman–Crippen LogP) is 4.34. The number of esters is 1. The molecule has 118 valence electrons. The van der Waals surface area contributed by atoms with Gasteiger partial charge in [0.15, 0.2) is 6.61 Å². The molecule has 0 unspecified atom stereocenters. The number of halogens is 2. The SMILES string of the molecule is Cc1ccc(/C=C/C(=O)OCC(=O)c2ccccc2F)c(Br)c1. The Labute approximate surface area is 141 Å². The Morgan fingerprint density at radius 1 is 1.22 bits per heavy atom. The summed E-state index contributed by atoms with van der Waals surface area (Å²) in [5, 5.41) is 0. The van der Waals surface area contributed by atoms with E-state index in [1.807, 2.05) is 25.1 Å². The molecule has 0 N–H and O–H groups in total. The molecule has 2 aromatic rings. The van der Waals surface area contributed by atoms with Gasteiger partial charge in [0.05, 0.1) is 5.56 Å². The zero-order chi connectivity index (χ0) is 16.8. The molecule has 0 aliphatic carbocycles. The van der Waals surface area contributed by atoms with Crippen molar-refractivity contribution in [2.24, 2.45) is 0 Å². The van der Waals surface area contributed by atoms with Crippen molar-refractivity contribution in [3.8, 4) is 0 Å². The summed E-state index contributed by atoms with van der Waals surface area (Å²) >= 11 is 3.40. The third kappa shape index (κ3) is 4.86. The Balaban J connectivity index is 1.94. The van der Waals surface area contributed by atoms with Crippen LogP contribution in [0.5, 0.6) is 0 Å². The van der Waals surface area contributed by atoms with Crippen LogP contribution in [0.4, 0.5) is 4.39 Å². The Kier molecular flexibility index (Phi) is 5.82. The molecule has 0 fully saturated rings. The normalized spacial score (nSPS) is 10.7. The lowest BCUT2D eigenvalue weighted by Gasteiger charge is -2.03. The maximum absolute atomic E-state index is 13.4. The first-order valence-corrected chi connectivity index (χ1v) is 7.65. The van der Waals surface area contributed by atoms with Gasteiger partial charge in [-0.1, -0.05) is 40.2 Å². The van der Waals surface area contributed by atoms with Crippen LogP contribution in [0, 0.1) is 12.7 Å². The molecule has 2 aromatic carbocycles. The minimum atomic E-state index is -0.665. The first kappa shape index (κ1) is 17.1. The Morgan fingerprint density at radius 2 is 1.96 bits per heavy atom. The predicted molar refractivity (Wildman–Crippen MR) is 89.6 cm³/mol. The number of ether oxygens (including phenoxy) is 1. The second kappa shape index (κ2) is 7.83. The van der Waals surface area contributed by atoms with E-state index in [2.05, 4.69) is 15.9 Å². The minimum absolute atomic E-state index is 0.0921. The molecular formula is C18H14BrFO3. The van der Waals surface area contributed by atoms with Crippen LogP contribution < -0.4 is 0 Å². The molecule has 0 saturated heterocycles. The van der Waals surface area contributed by atoms with Crippen molar-refractivity contribution in [1.29, 1.82) is 0 Å². The fraction of sp³-hybridized carbons (Fsp3) is 0.111. The lowest BCUT2D eigenvalue weighted by atomic mass is 10.1. The fourth-order valence-corrected chi connectivity index (χ4v) is 2.50. The third-order valence-corrected chi connectivity index (χ3v) is 3.76. The molecule has 23 heavy (non-hydrogen) atoms. The van der Waals surface area contributed by atoms with E-state index in [0.717, 1.165) is 15.6 Å². The summed E-state index contributed by atoms with van der Waals surface area (Å²) in [6.45, 7) is 1.46. The maximum atomic E-state index is 13.4. The van der Waals surface area contributed by atoms with Gasteiger partial charge in [-0.3, -0.25) is 4.79 Å². The number of carbonyl (C=O) groups excluding carboxylic acids is 2. The minimum Gasteiger partial charge on any atom is -0.454 e. The second-order valence-electron chi connectivity index (χ2n) is 4.87. The average molecular weight is 377 g/mol. The van der Waals surface area contributed by atoms with Crippen LogP contribution in [0.2, 0.25) is 0 Å².